The summed E-state index contributed by atoms with van der Waals surface area (Å²) >= 11 is 0. The average molecular weight is 219 g/mol. The zero-order chi connectivity index (χ0) is 11.5. The molecule has 2 rings (SSSR count). The highest BCUT2D eigenvalue weighted by molar-refractivity contribution is 5.29. The summed E-state index contributed by atoms with van der Waals surface area (Å²) in [5.41, 5.74) is 4.12. The Morgan fingerprint density at radius 3 is 2.62 bits per heavy atom. The average Bonchev–Trinajstić information content (AvgIpc) is 2.21. The summed E-state index contributed by atoms with van der Waals surface area (Å²) in [6.45, 7) is 5.30. The van der Waals surface area contributed by atoms with Crippen LogP contribution in [0.1, 0.15) is 29.5 Å². The van der Waals surface area contributed by atoms with Gasteiger partial charge in [0.25, 0.3) is 0 Å². The molecule has 1 aromatic carbocycles. The van der Waals surface area contributed by atoms with Crippen molar-refractivity contribution in [2.45, 2.75) is 45.4 Å². The zero-order valence-corrected chi connectivity index (χ0v) is 10.4. The maximum Gasteiger partial charge on any atom is 0.0601 e. The van der Waals surface area contributed by atoms with Crippen molar-refractivity contribution < 1.29 is 4.74 Å². The first kappa shape index (κ1) is 11.6. The molecular weight excluding hydrogens is 198 g/mol. The second kappa shape index (κ2) is 4.98. The van der Waals surface area contributed by atoms with Gasteiger partial charge in [-0.25, -0.2) is 0 Å². The number of benzene rings is 1. The molecule has 0 aliphatic heterocycles. The first-order chi connectivity index (χ1) is 7.69. The molecule has 16 heavy (non-hydrogen) atoms. The van der Waals surface area contributed by atoms with E-state index in [1.807, 2.05) is 0 Å². The van der Waals surface area contributed by atoms with E-state index in [9.17, 15) is 0 Å². The lowest BCUT2D eigenvalue weighted by Crippen LogP contribution is -2.44. The molecule has 0 unspecified atom stereocenters. The first-order valence-corrected chi connectivity index (χ1v) is 6.01. The van der Waals surface area contributed by atoms with E-state index in [4.69, 9.17) is 4.74 Å². The van der Waals surface area contributed by atoms with E-state index in [1.165, 1.54) is 16.7 Å². The van der Waals surface area contributed by atoms with Crippen molar-refractivity contribution in [1.29, 1.82) is 0 Å². The van der Waals surface area contributed by atoms with Gasteiger partial charge in [-0.1, -0.05) is 18.2 Å². The fraction of sp³-hybridized carbons (Fsp3) is 0.571. The lowest BCUT2D eigenvalue weighted by molar-refractivity contribution is 0.0170. The summed E-state index contributed by atoms with van der Waals surface area (Å²) in [7, 11) is 1.80. The SMILES string of the molecule is COC1CC(NCc2ccc(C)c(C)c2)C1. The molecule has 1 N–H and O–H groups in total. The molecule has 1 aliphatic rings. The standard InChI is InChI=1S/C14H21NO/c1-10-4-5-12(6-11(10)2)9-15-13-7-14(8-13)16-3/h4-6,13-15H,7-9H2,1-3H3. The van der Waals surface area contributed by atoms with Gasteiger partial charge in [0.2, 0.25) is 0 Å². The minimum atomic E-state index is 0.484. The van der Waals surface area contributed by atoms with Gasteiger partial charge in [-0.3, -0.25) is 0 Å². The van der Waals surface area contributed by atoms with Crippen molar-refractivity contribution in [2.75, 3.05) is 7.11 Å². The summed E-state index contributed by atoms with van der Waals surface area (Å²) in [6, 6.07) is 7.33. The molecular formula is C14H21NO. The molecule has 1 saturated carbocycles. The molecule has 2 nitrogen and oxygen atoms in total. The maximum absolute atomic E-state index is 5.26. The van der Waals surface area contributed by atoms with E-state index in [0.29, 0.717) is 12.1 Å². The molecule has 2 heteroatoms. The first-order valence-electron chi connectivity index (χ1n) is 6.01. The minimum Gasteiger partial charge on any atom is -0.381 e. The number of hydrogen-bond donors (Lipinski definition) is 1. The third-order valence-corrected chi connectivity index (χ3v) is 3.59. The quantitative estimate of drug-likeness (QED) is 0.840. The third-order valence-electron chi connectivity index (χ3n) is 3.59. The van der Waals surface area contributed by atoms with Gasteiger partial charge in [-0.05, 0) is 43.4 Å². The fourth-order valence-electron chi connectivity index (χ4n) is 2.10. The zero-order valence-electron chi connectivity index (χ0n) is 10.4. The van der Waals surface area contributed by atoms with Gasteiger partial charge in [0.1, 0.15) is 0 Å². The topological polar surface area (TPSA) is 21.3 Å². The van der Waals surface area contributed by atoms with Crippen LogP contribution in [0.2, 0.25) is 0 Å². The third kappa shape index (κ3) is 2.63. The van der Waals surface area contributed by atoms with Gasteiger partial charge in [-0.2, -0.15) is 0 Å². The summed E-state index contributed by atoms with van der Waals surface area (Å²) in [4.78, 5) is 0. The highest BCUT2D eigenvalue weighted by Crippen LogP contribution is 2.22. The van der Waals surface area contributed by atoms with Crippen LogP contribution >= 0.6 is 0 Å². The monoisotopic (exact) mass is 219 g/mol. The van der Waals surface area contributed by atoms with E-state index in [0.717, 1.165) is 19.4 Å². The molecule has 0 saturated heterocycles. The van der Waals surface area contributed by atoms with Crippen molar-refractivity contribution in [2.24, 2.45) is 0 Å². The largest absolute Gasteiger partial charge is 0.381 e. The van der Waals surface area contributed by atoms with Crippen molar-refractivity contribution in [3.8, 4) is 0 Å². The number of rotatable bonds is 4. The van der Waals surface area contributed by atoms with E-state index < -0.39 is 0 Å². The van der Waals surface area contributed by atoms with Crippen LogP contribution in [-0.2, 0) is 11.3 Å². The Balaban J connectivity index is 1.80. The highest BCUT2D eigenvalue weighted by Gasteiger charge is 2.28. The highest BCUT2D eigenvalue weighted by atomic mass is 16.5. The number of nitrogens with one attached hydrogen (secondary N) is 1. The van der Waals surface area contributed by atoms with Crippen LogP contribution in [-0.4, -0.2) is 19.3 Å². The van der Waals surface area contributed by atoms with Gasteiger partial charge in [-0.15, -0.1) is 0 Å². The fourth-order valence-corrected chi connectivity index (χ4v) is 2.10. The molecule has 1 fully saturated rings. The van der Waals surface area contributed by atoms with Crippen LogP contribution in [0.5, 0.6) is 0 Å². The minimum absolute atomic E-state index is 0.484. The molecule has 88 valence electrons. The maximum atomic E-state index is 5.26. The predicted octanol–water partition coefficient (Wildman–Crippen LogP) is 2.57. The van der Waals surface area contributed by atoms with Gasteiger partial charge in [0.05, 0.1) is 6.10 Å². The van der Waals surface area contributed by atoms with Crippen LogP contribution in [0.25, 0.3) is 0 Å². The predicted molar refractivity (Wildman–Crippen MR) is 66.6 cm³/mol. The number of hydrogen-bond acceptors (Lipinski definition) is 2. The van der Waals surface area contributed by atoms with Crippen LogP contribution in [0.15, 0.2) is 18.2 Å². The van der Waals surface area contributed by atoms with Gasteiger partial charge in [0, 0.05) is 19.7 Å². The lowest BCUT2D eigenvalue weighted by Gasteiger charge is -2.34. The van der Waals surface area contributed by atoms with Crippen molar-refractivity contribution in [3.05, 3.63) is 34.9 Å². The van der Waals surface area contributed by atoms with E-state index in [-0.39, 0.29) is 0 Å². The second-order valence-corrected chi connectivity index (χ2v) is 4.83. The summed E-state index contributed by atoms with van der Waals surface area (Å²) < 4.78 is 5.26. The molecule has 0 spiro atoms. The molecule has 1 aliphatic carbocycles. The molecule has 0 heterocycles. The molecule has 0 amide bonds. The number of aryl methyl sites for hydroxylation is 2. The molecule has 0 atom stereocenters. The Morgan fingerprint density at radius 2 is 2.00 bits per heavy atom. The second-order valence-electron chi connectivity index (χ2n) is 4.83. The Kier molecular flexibility index (Phi) is 3.62. The normalized spacial score (nSPS) is 24.2. The van der Waals surface area contributed by atoms with E-state index in [2.05, 4.69) is 37.4 Å². The lowest BCUT2D eigenvalue weighted by atomic mass is 9.89. The van der Waals surface area contributed by atoms with E-state index in [1.54, 1.807) is 7.11 Å². The Labute approximate surface area is 98.0 Å². The van der Waals surface area contributed by atoms with Crippen LogP contribution in [0, 0.1) is 13.8 Å². The number of ether oxygens (including phenoxy) is 1. The summed E-state index contributed by atoms with van der Waals surface area (Å²) in [5, 5.41) is 3.57. The van der Waals surface area contributed by atoms with Crippen LogP contribution < -0.4 is 5.32 Å². The van der Waals surface area contributed by atoms with Crippen LogP contribution in [0.4, 0.5) is 0 Å². The van der Waals surface area contributed by atoms with Crippen LogP contribution in [0.3, 0.4) is 0 Å². The van der Waals surface area contributed by atoms with Gasteiger partial charge in [0.15, 0.2) is 0 Å². The summed E-state index contributed by atoms with van der Waals surface area (Å²) in [5.74, 6) is 0. The smallest absolute Gasteiger partial charge is 0.0601 e. The summed E-state index contributed by atoms with van der Waals surface area (Å²) in [6.07, 6.45) is 2.79. The Morgan fingerprint density at radius 1 is 1.25 bits per heavy atom. The molecule has 0 aromatic heterocycles. The Hall–Kier alpha value is -0.860. The van der Waals surface area contributed by atoms with Crippen molar-refractivity contribution in [1.82, 2.24) is 5.32 Å². The van der Waals surface area contributed by atoms with Crippen molar-refractivity contribution >= 4 is 0 Å². The molecule has 0 bridgehead atoms. The number of methoxy groups -OCH3 is 1. The van der Waals surface area contributed by atoms with E-state index >= 15 is 0 Å². The van der Waals surface area contributed by atoms with Crippen molar-refractivity contribution in [3.63, 3.8) is 0 Å². The molecule has 1 aromatic rings. The van der Waals surface area contributed by atoms with Gasteiger partial charge >= 0.3 is 0 Å². The van der Waals surface area contributed by atoms with Gasteiger partial charge < -0.3 is 10.1 Å². The Bertz CT molecular complexity index is 356. The molecule has 0 radical (unpaired) electrons.